The predicted molar refractivity (Wildman–Crippen MR) is 51.1 cm³/mol. The van der Waals surface area contributed by atoms with Gasteiger partial charge in [0.2, 0.25) is 0 Å². The summed E-state index contributed by atoms with van der Waals surface area (Å²) in [4.78, 5) is 0. The summed E-state index contributed by atoms with van der Waals surface area (Å²) < 4.78 is 4.90. The molecule has 0 saturated heterocycles. The van der Waals surface area contributed by atoms with Crippen LogP contribution in [0.1, 0.15) is 48.0 Å². The molecule has 3 nitrogen and oxygen atoms in total. The van der Waals surface area contributed by atoms with E-state index < -0.39 is 12.2 Å². The molecule has 0 aliphatic rings. The van der Waals surface area contributed by atoms with Gasteiger partial charge in [0.15, 0.2) is 0 Å². The SMILES string of the molecule is CC(C)[O-].CC(C)[O-].CCC(C)[O][Ti+2]. The van der Waals surface area contributed by atoms with Crippen molar-refractivity contribution in [1.29, 1.82) is 0 Å². The summed E-state index contributed by atoms with van der Waals surface area (Å²) in [6.45, 7) is 10.6. The Bertz CT molecular complexity index is 71.9. The Hall–Kier alpha value is 0.594. The zero-order chi connectivity index (χ0) is 12.1. The van der Waals surface area contributed by atoms with Crippen LogP contribution in [0, 0.1) is 0 Å². The first-order valence-corrected chi connectivity index (χ1v) is 5.55. The van der Waals surface area contributed by atoms with Crippen molar-refractivity contribution in [3.63, 3.8) is 0 Å². The fraction of sp³-hybridized carbons (Fsp3) is 1.00. The van der Waals surface area contributed by atoms with Crippen LogP contribution in [0.15, 0.2) is 0 Å². The second-order valence-corrected chi connectivity index (χ2v) is 3.80. The van der Waals surface area contributed by atoms with Gasteiger partial charge in [0, 0.05) is 0 Å². The van der Waals surface area contributed by atoms with Crippen LogP contribution in [0.25, 0.3) is 0 Å². The monoisotopic (exact) mass is 239 g/mol. The van der Waals surface area contributed by atoms with Gasteiger partial charge in [0.05, 0.1) is 0 Å². The van der Waals surface area contributed by atoms with Crippen molar-refractivity contribution in [2.75, 3.05) is 0 Å². The molecule has 14 heavy (non-hydrogen) atoms. The Balaban J connectivity index is -0.000000135. The van der Waals surface area contributed by atoms with Crippen LogP contribution in [0.4, 0.5) is 0 Å². The molecule has 0 amide bonds. The van der Waals surface area contributed by atoms with E-state index >= 15 is 0 Å². The average Bonchev–Trinajstić information content (AvgIpc) is 2.01. The molecular weight excluding hydrogens is 216 g/mol. The molecule has 0 radical (unpaired) electrons. The number of hydrogen-bond acceptors (Lipinski definition) is 3. The van der Waals surface area contributed by atoms with Gasteiger partial charge in [0.25, 0.3) is 0 Å². The van der Waals surface area contributed by atoms with Crippen molar-refractivity contribution in [3.8, 4) is 0 Å². The second-order valence-electron chi connectivity index (χ2n) is 3.43. The molecule has 0 aliphatic heterocycles. The second kappa shape index (κ2) is 16.0. The molecule has 1 atom stereocenters. The third kappa shape index (κ3) is 80.2. The Morgan fingerprint density at radius 1 is 1.00 bits per heavy atom. The minimum atomic E-state index is -0.417. The van der Waals surface area contributed by atoms with Gasteiger partial charge >= 0.3 is 50.5 Å². The molecule has 0 bridgehead atoms. The van der Waals surface area contributed by atoms with E-state index in [0.717, 1.165) is 6.42 Å². The molecule has 0 aromatic carbocycles. The predicted octanol–water partition coefficient (Wildman–Crippen LogP) is 0.773. The zero-order valence-corrected chi connectivity index (χ0v) is 11.7. The Morgan fingerprint density at radius 2 is 1.21 bits per heavy atom. The first-order chi connectivity index (χ1) is 6.27. The summed E-state index contributed by atoms with van der Waals surface area (Å²) in [6, 6.07) is 0. The van der Waals surface area contributed by atoms with Crippen LogP contribution < -0.4 is 10.2 Å². The maximum atomic E-state index is 9.53. The van der Waals surface area contributed by atoms with Gasteiger partial charge in [-0.25, -0.2) is 0 Å². The van der Waals surface area contributed by atoms with Gasteiger partial charge in [0.1, 0.15) is 0 Å². The minimum absolute atomic E-state index is 0.417. The zero-order valence-electron chi connectivity index (χ0n) is 10.2. The van der Waals surface area contributed by atoms with Crippen LogP contribution >= 0.6 is 0 Å². The normalized spacial score (nSPS) is 11.4. The van der Waals surface area contributed by atoms with Crippen LogP contribution in [0.5, 0.6) is 0 Å². The standard InChI is InChI=1S/C4H9O.2C3H7O.Ti/c1-3-4(2)5;2*1-3(2)4;/h4H,3H2,1-2H3;2*3H,1-2H3;/q3*-1;+3. The number of rotatable bonds is 2. The molecule has 0 aromatic heterocycles. The van der Waals surface area contributed by atoms with Crippen molar-refractivity contribution >= 4 is 0 Å². The van der Waals surface area contributed by atoms with E-state index in [9.17, 15) is 10.2 Å². The first kappa shape index (κ1) is 20.1. The third-order valence-electron chi connectivity index (χ3n) is 0.776. The summed E-state index contributed by atoms with van der Waals surface area (Å²) >= 11 is 1.73. The molecule has 0 aliphatic carbocycles. The van der Waals surface area contributed by atoms with E-state index in [0.29, 0.717) is 6.10 Å². The van der Waals surface area contributed by atoms with Gasteiger partial charge in [-0.05, 0) is 0 Å². The fourth-order valence-electron chi connectivity index (χ4n) is 0.0833. The number of hydrogen-bond donors (Lipinski definition) is 0. The van der Waals surface area contributed by atoms with E-state index in [2.05, 4.69) is 13.8 Å². The topological polar surface area (TPSA) is 55.3 Å². The van der Waals surface area contributed by atoms with Crippen molar-refractivity contribution in [1.82, 2.24) is 0 Å². The molecule has 0 fully saturated rings. The van der Waals surface area contributed by atoms with Crippen molar-refractivity contribution < 1.29 is 34.4 Å². The first-order valence-electron chi connectivity index (χ1n) is 4.91. The average molecular weight is 239 g/mol. The fourth-order valence-corrected chi connectivity index (χ4v) is 0.344. The van der Waals surface area contributed by atoms with Crippen molar-refractivity contribution in [2.45, 2.75) is 66.3 Å². The molecular formula is C10H23O3Ti. The van der Waals surface area contributed by atoms with E-state index in [1.165, 1.54) is 0 Å². The molecule has 85 valence electrons. The summed E-state index contributed by atoms with van der Waals surface area (Å²) in [5.41, 5.74) is 0. The van der Waals surface area contributed by atoms with Crippen molar-refractivity contribution in [3.05, 3.63) is 0 Å². The molecule has 4 heteroatoms. The van der Waals surface area contributed by atoms with E-state index in [1.807, 2.05) is 0 Å². The van der Waals surface area contributed by atoms with Gasteiger partial charge in [-0.1, -0.05) is 27.7 Å². The molecule has 0 spiro atoms. The summed E-state index contributed by atoms with van der Waals surface area (Å²) in [6.07, 6.45) is 0.709. The quantitative estimate of drug-likeness (QED) is 0.669. The van der Waals surface area contributed by atoms with Crippen molar-refractivity contribution in [2.24, 2.45) is 0 Å². The molecule has 0 N–H and O–H groups in total. The molecule has 1 unspecified atom stereocenters. The van der Waals surface area contributed by atoms with E-state index in [1.54, 1.807) is 48.5 Å². The Labute approximate surface area is 101 Å². The van der Waals surface area contributed by atoms with Crippen LogP contribution in [-0.2, 0) is 24.1 Å². The summed E-state index contributed by atoms with van der Waals surface area (Å²) in [7, 11) is 0. The van der Waals surface area contributed by atoms with Crippen LogP contribution in [0.3, 0.4) is 0 Å². The van der Waals surface area contributed by atoms with Gasteiger partial charge in [-0.2, -0.15) is 0 Å². The van der Waals surface area contributed by atoms with Gasteiger partial charge in [-0.3, -0.25) is 0 Å². The van der Waals surface area contributed by atoms with Gasteiger partial charge < -0.3 is 10.2 Å². The molecule has 0 heterocycles. The molecule has 0 saturated carbocycles. The van der Waals surface area contributed by atoms with E-state index in [4.69, 9.17) is 3.32 Å². The van der Waals surface area contributed by atoms with E-state index in [-0.39, 0.29) is 0 Å². The summed E-state index contributed by atoms with van der Waals surface area (Å²) in [5.74, 6) is 0. The van der Waals surface area contributed by atoms with Crippen LogP contribution in [-0.4, -0.2) is 18.3 Å². The van der Waals surface area contributed by atoms with Crippen LogP contribution in [0.2, 0.25) is 0 Å². The third-order valence-corrected chi connectivity index (χ3v) is 1.40. The van der Waals surface area contributed by atoms with Gasteiger partial charge in [-0.15, -0.1) is 12.2 Å². The Kier molecular flexibility index (Phi) is 23.0. The Morgan fingerprint density at radius 3 is 1.21 bits per heavy atom. The summed E-state index contributed by atoms with van der Waals surface area (Å²) in [5, 5.41) is 19.1. The maximum absolute atomic E-state index is 9.53. The molecule has 0 aromatic rings. The molecule has 0 rings (SSSR count).